The van der Waals surface area contributed by atoms with Gasteiger partial charge in [0.05, 0.1) is 22.6 Å². The molecule has 3 aromatic carbocycles. The van der Waals surface area contributed by atoms with Crippen LogP contribution < -0.4 is 15.2 Å². The highest BCUT2D eigenvalue weighted by Gasteiger charge is 2.30. The Labute approximate surface area is 243 Å². The van der Waals surface area contributed by atoms with Crippen LogP contribution in [0.15, 0.2) is 77.7 Å². The second kappa shape index (κ2) is 12.2. The highest BCUT2D eigenvalue weighted by molar-refractivity contribution is 7.88. The quantitative estimate of drug-likeness (QED) is 0.206. The smallest absolute Gasteiger partial charge is 0.316 e. The van der Waals surface area contributed by atoms with Crippen molar-refractivity contribution in [3.63, 3.8) is 0 Å². The van der Waals surface area contributed by atoms with E-state index in [0.29, 0.717) is 11.6 Å². The maximum Gasteiger partial charge on any atom is 0.316 e. The van der Waals surface area contributed by atoms with Crippen molar-refractivity contribution < 1.29 is 31.2 Å². The summed E-state index contributed by atoms with van der Waals surface area (Å²) in [5.74, 6) is -3.02. The molecule has 5 rings (SSSR count). The summed E-state index contributed by atoms with van der Waals surface area (Å²) >= 11 is 0. The van der Waals surface area contributed by atoms with Gasteiger partial charge in [0.15, 0.2) is 0 Å². The molecule has 15 heteroatoms. The maximum atomic E-state index is 14.3. The van der Waals surface area contributed by atoms with E-state index in [1.165, 1.54) is 53.0 Å². The van der Waals surface area contributed by atoms with Gasteiger partial charge >= 0.3 is 5.56 Å². The fourth-order valence-electron chi connectivity index (χ4n) is 4.62. The standard InChI is InChI=1S/C28H24F3N5O6S/c29-21-13-22(30)15-24(14-21)35-28(37)27(42-17-20-3-1-2-4-25(20)31)26(16-32-35)33-9-11-34(12-10-33)43(40,41)18-19-5-7-23(8-6-19)36(38)39/h1-8,13-16H,9-12,17-18H2. The van der Waals surface area contributed by atoms with E-state index in [9.17, 15) is 36.5 Å². The topological polar surface area (TPSA) is 128 Å². The van der Waals surface area contributed by atoms with Gasteiger partial charge in [-0.05, 0) is 23.8 Å². The maximum absolute atomic E-state index is 14.3. The second-order valence-corrected chi connectivity index (χ2v) is 11.6. The summed E-state index contributed by atoms with van der Waals surface area (Å²) in [6.45, 7) is 0.0189. The lowest BCUT2D eigenvalue weighted by Crippen LogP contribution is -2.49. The third-order valence-electron chi connectivity index (χ3n) is 6.81. The van der Waals surface area contributed by atoms with Crippen LogP contribution in [0.25, 0.3) is 5.69 Å². The zero-order chi connectivity index (χ0) is 30.7. The number of benzene rings is 3. The highest BCUT2D eigenvalue weighted by Crippen LogP contribution is 2.28. The average Bonchev–Trinajstić information content (AvgIpc) is 2.97. The third-order valence-corrected chi connectivity index (χ3v) is 8.66. The number of anilines is 1. The van der Waals surface area contributed by atoms with Gasteiger partial charge in [0.1, 0.15) is 29.7 Å². The van der Waals surface area contributed by atoms with E-state index in [1.54, 1.807) is 11.0 Å². The van der Waals surface area contributed by atoms with E-state index in [1.807, 2.05) is 0 Å². The SMILES string of the molecule is O=c1c(OCc2ccccc2F)c(N2CCN(S(=O)(=O)Cc3ccc([N+](=O)[O-])cc3)CC2)cnn1-c1cc(F)cc(F)c1. The van der Waals surface area contributed by atoms with Gasteiger partial charge in [0.25, 0.3) is 5.69 Å². The van der Waals surface area contributed by atoms with E-state index in [4.69, 9.17) is 4.74 Å². The molecule has 0 unspecified atom stereocenters. The van der Waals surface area contributed by atoms with Gasteiger partial charge in [-0.1, -0.05) is 30.3 Å². The number of sulfonamides is 1. The summed E-state index contributed by atoms with van der Waals surface area (Å²) in [6.07, 6.45) is 1.27. The zero-order valence-electron chi connectivity index (χ0n) is 22.4. The summed E-state index contributed by atoms with van der Waals surface area (Å²) in [5.41, 5.74) is -0.449. The number of ether oxygens (including phenoxy) is 1. The number of rotatable bonds is 9. The van der Waals surface area contributed by atoms with Crippen LogP contribution >= 0.6 is 0 Å². The van der Waals surface area contributed by atoms with Crippen molar-refractivity contribution in [2.75, 3.05) is 31.1 Å². The molecule has 0 spiro atoms. The summed E-state index contributed by atoms with van der Waals surface area (Å²) in [4.78, 5) is 25.5. The van der Waals surface area contributed by atoms with Crippen LogP contribution in [0.1, 0.15) is 11.1 Å². The van der Waals surface area contributed by atoms with Crippen molar-refractivity contribution in [2.45, 2.75) is 12.4 Å². The van der Waals surface area contributed by atoms with Crippen LogP contribution in [0.4, 0.5) is 24.5 Å². The number of nitro benzene ring substituents is 1. The molecule has 43 heavy (non-hydrogen) atoms. The summed E-state index contributed by atoms with van der Waals surface area (Å²) in [7, 11) is -3.78. The van der Waals surface area contributed by atoms with Crippen LogP contribution in [-0.2, 0) is 22.4 Å². The fourth-order valence-corrected chi connectivity index (χ4v) is 6.14. The Bertz CT molecular complexity index is 1810. The first-order chi connectivity index (χ1) is 20.5. The fraction of sp³-hybridized carbons (Fsp3) is 0.214. The van der Waals surface area contributed by atoms with Gasteiger partial charge in [-0.15, -0.1) is 0 Å². The number of hydrogen-bond acceptors (Lipinski definition) is 8. The molecular weight excluding hydrogens is 591 g/mol. The number of aromatic nitrogens is 2. The molecule has 0 N–H and O–H groups in total. The first-order valence-corrected chi connectivity index (χ1v) is 14.5. The first kappa shape index (κ1) is 29.7. The summed E-state index contributed by atoms with van der Waals surface area (Å²) in [5, 5.41) is 15.0. The number of nitrogens with zero attached hydrogens (tertiary/aromatic N) is 5. The molecule has 0 radical (unpaired) electrons. The minimum Gasteiger partial charge on any atom is -0.481 e. The molecule has 1 saturated heterocycles. The molecule has 1 aromatic heterocycles. The molecule has 224 valence electrons. The Kier molecular flexibility index (Phi) is 8.45. The van der Waals surface area contributed by atoms with Gasteiger partial charge in [0, 0.05) is 49.9 Å². The third kappa shape index (κ3) is 6.67. The van der Waals surface area contributed by atoms with E-state index in [-0.39, 0.29) is 66.9 Å². The van der Waals surface area contributed by atoms with Crippen LogP contribution in [-0.4, -0.2) is 53.6 Å². The number of piperazine rings is 1. The molecule has 0 atom stereocenters. The highest BCUT2D eigenvalue weighted by atomic mass is 32.2. The molecule has 0 saturated carbocycles. The monoisotopic (exact) mass is 615 g/mol. The number of nitro groups is 1. The molecule has 1 fully saturated rings. The number of hydrogen-bond donors (Lipinski definition) is 0. The normalized spacial score (nSPS) is 14.1. The van der Waals surface area contributed by atoms with Crippen LogP contribution in [0, 0.1) is 27.6 Å². The number of halogens is 3. The summed E-state index contributed by atoms with van der Waals surface area (Å²) in [6, 6.07) is 13.5. The van der Waals surface area contributed by atoms with Crippen LogP contribution in [0.2, 0.25) is 0 Å². The Morgan fingerprint density at radius 1 is 0.930 bits per heavy atom. The lowest BCUT2D eigenvalue weighted by Gasteiger charge is -2.35. The van der Waals surface area contributed by atoms with Crippen molar-refractivity contribution in [3.05, 3.63) is 122 Å². The van der Waals surface area contributed by atoms with Crippen LogP contribution in [0.5, 0.6) is 5.75 Å². The van der Waals surface area contributed by atoms with E-state index >= 15 is 0 Å². The van der Waals surface area contributed by atoms with Gasteiger partial charge in [-0.25, -0.2) is 21.6 Å². The molecule has 0 bridgehead atoms. The van der Waals surface area contributed by atoms with Gasteiger partial charge in [-0.2, -0.15) is 14.1 Å². The van der Waals surface area contributed by atoms with Gasteiger partial charge in [-0.3, -0.25) is 14.9 Å². The van der Waals surface area contributed by atoms with Gasteiger partial charge in [0.2, 0.25) is 15.8 Å². The molecule has 1 aliphatic heterocycles. The zero-order valence-corrected chi connectivity index (χ0v) is 23.2. The van der Waals surface area contributed by atoms with Gasteiger partial charge < -0.3 is 9.64 Å². The van der Waals surface area contributed by atoms with Crippen molar-refractivity contribution in [1.29, 1.82) is 0 Å². The Balaban J connectivity index is 1.39. The van der Waals surface area contributed by atoms with Crippen molar-refractivity contribution >= 4 is 21.4 Å². The Morgan fingerprint density at radius 3 is 2.21 bits per heavy atom. The second-order valence-electron chi connectivity index (χ2n) is 9.65. The lowest BCUT2D eigenvalue weighted by molar-refractivity contribution is -0.384. The lowest BCUT2D eigenvalue weighted by atomic mass is 10.2. The predicted molar refractivity (Wildman–Crippen MR) is 150 cm³/mol. The van der Waals surface area contributed by atoms with Crippen LogP contribution in [0.3, 0.4) is 0 Å². The molecule has 11 nitrogen and oxygen atoms in total. The molecule has 4 aromatic rings. The predicted octanol–water partition coefficient (Wildman–Crippen LogP) is 3.79. The first-order valence-electron chi connectivity index (χ1n) is 12.9. The van der Waals surface area contributed by atoms with Crippen molar-refractivity contribution in [2.24, 2.45) is 0 Å². The van der Waals surface area contributed by atoms with Crippen molar-refractivity contribution in [3.8, 4) is 11.4 Å². The minimum absolute atomic E-state index is 0.0419. The molecular formula is C28H24F3N5O6S. The molecule has 0 amide bonds. The molecule has 2 heterocycles. The van der Waals surface area contributed by atoms with Crippen molar-refractivity contribution in [1.82, 2.24) is 14.1 Å². The Hall–Kier alpha value is -4.76. The van der Waals surface area contributed by atoms with E-state index < -0.39 is 38.0 Å². The number of non-ortho nitro benzene ring substituents is 1. The van der Waals surface area contributed by atoms with E-state index in [0.717, 1.165) is 16.8 Å². The molecule has 1 aliphatic rings. The average molecular weight is 616 g/mol. The molecule has 0 aliphatic carbocycles. The summed E-state index contributed by atoms with van der Waals surface area (Å²) < 4.78 is 76.1. The largest absolute Gasteiger partial charge is 0.481 e. The Morgan fingerprint density at radius 2 is 1.58 bits per heavy atom. The van der Waals surface area contributed by atoms with E-state index in [2.05, 4.69) is 5.10 Å². The minimum atomic E-state index is -3.78.